The number of aryl methyl sites for hydroxylation is 1. The van der Waals surface area contributed by atoms with Crippen LogP contribution in [0.4, 0.5) is 0 Å². The molecule has 0 saturated heterocycles. The van der Waals surface area contributed by atoms with Gasteiger partial charge in [-0.1, -0.05) is 35.9 Å². The Bertz CT molecular complexity index is 713. The Morgan fingerprint density at radius 1 is 1.16 bits per heavy atom. The average Bonchev–Trinajstić information content (AvgIpc) is 2.58. The van der Waals surface area contributed by atoms with Crippen molar-refractivity contribution in [3.8, 4) is 5.75 Å². The van der Waals surface area contributed by atoms with Crippen LogP contribution in [0.15, 0.2) is 48.5 Å². The Morgan fingerprint density at radius 3 is 2.40 bits per heavy atom. The molecule has 2 aromatic rings. The van der Waals surface area contributed by atoms with Gasteiger partial charge in [-0.05, 0) is 56.2 Å². The standard InChI is InChI=1S/C20H24ClNO3/c1-14-7-5-6-8-17(14)18(24-4)13-22-19(23)20(2,3)25-16-11-9-15(21)10-12-16/h5-12,18H,13H2,1-4H3,(H,22,23). The Kier molecular flexibility index (Phi) is 6.45. The Hall–Kier alpha value is -2.04. The fourth-order valence-corrected chi connectivity index (χ4v) is 2.64. The lowest BCUT2D eigenvalue weighted by Crippen LogP contribution is -2.47. The minimum absolute atomic E-state index is 0.210. The van der Waals surface area contributed by atoms with Crippen LogP contribution < -0.4 is 10.1 Å². The topological polar surface area (TPSA) is 47.6 Å². The Labute approximate surface area is 154 Å². The second-order valence-electron chi connectivity index (χ2n) is 6.36. The third-order valence-corrected chi connectivity index (χ3v) is 4.25. The third-order valence-electron chi connectivity index (χ3n) is 4.00. The molecule has 0 aromatic heterocycles. The lowest BCUT2D eigenvalue weighted by Gasteiger charge is -2.27. The van der Waals surface area contributed by atoms with Crippen molar-refractivity contribution in [2.45, 2.75) is 32.5 Å². The van der Waals surface area contributed by atoms with Crippen LogP contribution in [0.2, 0.25) is 5.02 Å². The van der Waals surface area contributed by atoms with Gasteiger partial charge in [0.15, 0.2) is 5.60 Å². The molecule has 0 aliphatic carbocycles. The second kappa shape index (κ2) is 8.37. The number of methoxy groups -OCH3 is 1. The number of carbonyl (C=O) groups is 1. The van der Waals surface area contributed by atoms with Crippen molar-refractivity contribution < 1.29 is 14.3 Å². The first-order chi connectivity index (χ1) is 11.8. The molecular formula is C20H24ClNO3. The van der Waals surface area contributed by atoms with Gasteiger partial charge in [0.1, 0.15) is 5.75 Å². The summed E-state index contributed by atoms with van der Waals surface area (Å²) in [5.41, 5.74) is 1.17. The van der Waals surface area contributed by atoms with E-state index in [1.165, 1.54) is 0 Å². The zero-order chi connectivity index (χ0) is 18.4. The quantitative estimate of drug-likeness (QED) is 0.799. The first-order valence-corrected chi connectivity index (χ1v) is 8.52. The molecular weight excluding hydrogens is 338 g/mol. The Morgan fingerprint density at radius 2 is 1.80 bits per heavy atom. The SMILES string of the molecule is COC(CNC(=O)C(C)(C)Oc1ccc(Cl)cc1)c1ccccc1C. The lowest BCUT2D eigenvalue weighted by molar-refractivity contribution is -0.134. The van der Waals surface area contributed by atoms with Gasteiger partial charge in [-0.25, -0.2) is 0 Å². The molecule has 0 bridgehead atoms. The van der Waals surface area contributed by atoms with Crippen LogP contribution in [0, 0.1) is 6.92 Å². The summed E-state index contributed by atoms with van der Waals surface area (Å²) in [5.74, 6) is 0.379. The fraction of sp³-hybridized carbons (Fsp3) is 0.350. The van der Waals surface area contributed by atoms with Gasteiger partial charge in [0.05, 0.1) is 6.10 Å². The molecule has 5 heteroatoms. The van der Waals surface area contributed by atoms with E-state index >= 15 is 0 Å². The molecule has 1 amide bonds. The van der Waals surface area contributed by atoms with E-state index in [4.69, 9.17) is 21.1 Å². The van der Waals surface area contributed by atoms with E-state index in [-0.39, 0.29) is 12.0 Å². The number of benzene rings is 2. The summed E-state index contributed by atoms with van der Waals surface area (Å²) in [6.45, 7) is 5.85. The fourth-order valence-electron chi connectivity index (χ4n) is 2.51. The van der Waals surface area contributed by atoms with E-state index in [1.54, 1.807) is 45.2 Å². The summed E-state index contributed by atoms with van der Waals surface area (Å²) >= 11 is 5.87. The number of amides is 1. The number of hydrogen-bond donors (Lipinski definition) is 1. The van der Waals surface area contributed by atoms with Crippen LogP contribution >= 0.6 is 11.6 Å². The van der Waals surface area contributed by atoms with Crippen LogP contribution in [0.5, 0.6) is 5.75 Å². The molecule has 0 aliphatic rings. The predicted octanol–water partition coefficient (Wildman–Crippen LogP) is 4.31. The van der Waals surface area contributed by atoms with Gasteiger partial charge in [-0.2, -0.15) is 0 Å². The highest BCUT2D eigenvalue weighted by Gasteiger charge is 2.30. The average molecular weight is 362 g/mol. The molecule has 134 valence electrons. The number of carbonyl (C=O) groups excluding carboxylic acids is 1. The highest BCUT2D eigenvalue weighted by molar-refractivity contribution is 6.30. The van der Waals surface area contributed by atoms with Gasteiger partial charge in [-0.3, -0.25) is 4.79 Å². The molecule has 4 nitrogen and oxygen atoms in total. The molecule has 0 fully saturated rings. The minimum atomic E-state index is -1.02. The van der Waals surface area contributed by atoms with Crippen LogP contribution in [-0.2, 0) is 9.53 Å². The number of rotatable bonds is 7. The van der Waals surface area contributed by atoms with E-state index in [0.29, 0.717) is 17.3 Å². The van der Waals surface area contributed by atoms with E-state index in [0.717, 1.165) is 11.1 Å². The third kappa shape index (κ3) is 5.21. The van der Waals surface area contributed by atoms with Crippen molar-refractivity contribution in [2.75, 3.05) is 13.7 Å². The zero-order valence-electron chi connectivity index (χ0n) is 15.0. The van der Waals surface area contributed by atoms with Crippen LogP contribution in [0.25, 0.3) is 0 Å². The highest BCUT2D eigenvalue weighted by atomic mass is 35.5. The first-order valence-electron chi connectivity index (χ1n) is 8.14. The number of nitrogens with one attached hydrogen (secondary N) is 1. The van der Waals surface area contributed by atoms with E-state index < -0.39 is 5.60 Å². The molecule has 25 heavy (non-hydrogen) atoms. The van der Waals surface area contributed by atoms with Gasteiger partial charge < -0.3 is 14.8 Å². The molecule has 0 saturated carbocycles. The second-order valence-corrected chi connectivity index (χ2v) is 6.79. The van der Waals surface area contributed by atoms with Gasteiger partial charge in [-0.15, -0.1) is 0 Å². The van der Waals surface area contributed by atoms with Crippen molar-refractivity contribution in [2.24, 2.45) is 0 Å². The van der Waals surface area contributed by atoms with Crippen LogP contribution in [0.1, 0.15) is 31.1 Å². The van der Waals surface area contributed by atoms with E-state index in [1.807, 2.05) is 31.2 Å². The maximum Gasteiger partial charge on any atom is 0.263 e. The van der Waals surface area contributed by atoms with Crippen molar-refractivity contribution in [1.29, 1.82) is 0 Å². The molecule has 0 radical (unpaired) electrons. The zero-order valence-corrected chi connectivity index (χ0v) is 15.8. The van der Waals surface area contributed by atoms with E-state index in [9.17, 15) is 4.79 Å². The lowest BCUT2D eigenvalue weighted by atomic mass is 10.0. The minimum Gasteiger partial charge on any atom is -0.478 e. The molecule has 1 atom stereocenters. The molecule has 2 aromatic carbocycles. The number of hydrogen-bond acceptors (Lipinski definition) is 3. The molecule has 0 aliphatic heterocycles. The van der Waals surface area contributed by atoms with Gasteiger partial charge in [0.25, 0.3) is 5.91 Å². The normalized spacial score (nSPS) is 12.5. The van der Waals surface area contributed by atoms with Crippen molar-refractivity contribution in [3.63, 3.8) is 0 Å². The van der Waals surface area contributed by atoms with Gasteiger partial charge in [0.2, 0.25) is 0 Å². The summed E-state index contributed by atoms with van der Waals surface area (Å²) in [5, 5.41) is 3.54. The molecule has 2 rings (SSSR count). The maximum atomic E-state index is 12.6. The van der Waals surface area contributed by atoms with Crippen LogP contribution in [0.3, 0.4) is 0 Å². The number of ether oxygens (including phenoxy) is 2. The molecule has 1 N–H and O–H groups in total. The largest absolute Gasteiger partial charge is 0.478 e. The molecule has 0 spiro atoms. The predicted molar refractivity (Wildman–Crippen MR) is 100 cm³/mol. The molecule has 0 heterocycles. The van der Waals surface area contributed by atoms with Gasteiger partial charge in [0, 0.05) is 18.7 Å². The summed E-state index contributed by atoms with van der Waals surface area (Å²) in [6, 6.07) is 14.9. The highest BCUT2D eigenvalue weighted by Crippen LogP contribution is 2.22. The summed E-state index contributed by atoms with van der Waals surface area (Å²) < 4.78 is 11.3. The number of halogens is 1. The van der Waals surface area contributed by atoms with Gasteiger partial charge >= 0.3 is 0 Å². The summed E-state index contributed by atoms with van der Waals surface area (Å²) in [6.07, 6.45) is -0.212. The Balaban J connectivity index is 1.99. The smallest absolute Gasteiger partial charge is 0.263 e. The van der Waals surface area contributed by atoms with E-state index in [2.05, 4.69) is 5.32 Å². The summed E-state index contributed by atoms with van der Waals surface area (Å²) in [4.78, 5) is 12.6. The first kappa shape index (κ1) is 19.3. The summed E-state index contributed by atoms with van der Waals surface area (Å²) in [7, 11) is 1.64. The monoisotopic (exact) mass is 361 g/mol. The molecule has 1 unspecified atom stereocenters. The van der Waals surface area contributed by atoms with Crippen molar-refractivity contribution >= 4 is 17.5 Å². The van der Waals surface area contributed by atoms with Crippen molar-refractivity contribution in [3.05, 3.63) is 64.7 Å². The van der Waals surface area contributed by atoms with Crippen molar-refractivity contribution in [1.82, 2.24) is 5.32 Å². The maximum absolute atomic E-state index is 12.6. The van der Waals surface area contributed by atoms with Crippen LogP contribution in [-0.4, -0.2) is 25.2 Å².